The predicted octanol–water partition coefficient (Wildman–Crippen LogP) is 2.96. The lowest BCUT2D eigenvalue weighted by Crippen LogP contribution is -2.04. The minimum absolute atomic E-state index is 0.107. The van der Waals surface area contributed by atoms with Crippen molar-refractivity contribution < 1.29 is 4.92 Å². The molecule has 0 atom stereocenters. The summed E-state index contributed by atoms with van der Waals surface area (Å²) in [4.78, 5) is 14.8. The van der Waals surface area contributed by atoms with Gasteiger partial charge in [-0.2, -0.15) is 0 Å². The lowest BCUT2D eigenvalue weighted by atomic mass is 10.1. The zero-order valence-corrected chi connectivity index (χ0v) is 9.80. The van der Waals surface area contributed by atoms with E-state index in [1.807, 2.05) is 0 Å². The fourth-order valence-corrected chi connectivity index (χ4v) is 2.04. The first kappa shape index (κ1) is 11.0. The molecule has 1 heterocycles. The van der Waals surface area contributed by atoms with E-state index in [0.29, 0.717) is 10.9 Å². The molecule has 0 unspecified atom stereocenters. The molecule has 0 saturated heterocycles. The highest BCUT2D eigenvalue weighted by atomic mass is 16.6. The molecule has 5 heteroatoms. The maximum atomic E-state index is 11.0. The number of hydrogen-bond acceptors (Lipinski definition) is 4. The van der Waals surface area contributed by atoms with Crippen molar-refractivity contribution in [1.82, 2.24) is 4.98 Å². The molecule has 18 heavy (non-hydrogen) atoms. The molecule has 0 spiro atoms. The van der Waals surface area contributed by atoms with Crippen LogP contribution in [0.25, 0.3) is 10.9 Å². The van der Waals surface area contributed by atoms with Crippen LogP contribution in [-0.4, -0.2) is 16.5 Å². The molecular formula is C13H13N3O2. The van der Waals surface area contributed by atoms with Crippen LogP contribution in [0.15, 0.2) is 30.5 Å². The van der Waals surface area contributed by atoms with Crippen LogP contribution >= 0.6 is 0 Å². The summed E-state index contributed by atoms with van der Waals surface area (Å²) in [6.07, 6.45) is 4.20. The van der Waals surface area contributed by atoms with Gasteiger partial charge in [0.15, 0.2) is 0 Å². The summed E-state index contributed by atoms with van der Waals surface area (Å²) in [5, 5.41) is 14.9. The molecule has 0 radical (unpaired) electrons. The number of pyridine rings is 1. The Hall–Kier alpha value is -2.17. The monoisotopic (exact) mass is 243 g/mol. The average Bonchev–Trinajstić information content (AvgIpc) is 3.19. The topological polar surface area (TPSA) is 68.1 Å². The van der Waals surface area contributed by atoms with Crippen LogP contribution in [-0.2, 0) is 0 Å². The first-order chi connectivity index (χ1) is 8.75. The highest BCUT2D eigenvalue weighted by Crippen LogP contribution is 2.32. The highest BCUT2D eigenvalue weighted by molar-refractivity contribution is 5.96. The molecule has 1 aliphatic rings. The Balaban J connectivity index is 2.04. The third kappa shape index (κ3) is 1.99. The number of aromatic nitrogens is 1. The van der Waals surface area contributed by atoms with E-state index < -0.39 is 0 Å². The molecule has 1 fully saturated rings. The van der Waals surface area contributed by atoms with Gasteiger partial charge in [-0.05, 0) is 37.0 Å². The van der Waals surface area contributed by atoms with Crippen LogP contribution in [0.1, 0.15) is 12.8 Å². The van der Waals surface area contributed by atoms with Crippen LogP contribution in [0.4, 0.5) is 11.4 Å². The van der Waals surface area contributed by atoms with Gasteiger partial charge in [-0.3, -0.25) is 15.1 Å². The molecule has 1 saturated carbocycles. The number of nitro groups is 1. The average molecular weight is 243 g/mol. The number of nitrogens with one attached hydrogen (secondary N) is 1. The Labute approximate surface area is 104 Å². The van der Waals surface area contributed by atoms with Gasteiger partial charge in [-0.15, -0.1) is 0 Å². The molecule has 0 aliphatic heterocycles. The van der Waals surface area contributed by atoms with Gasteiger partial charge in [0.25, 0.3) is 5.69 Å². The zero-order chi connectivity index (χ0) is 12.5. The molecule has 1 aromatic heterocycles. The Morgan fingerprint density at radius 1 is 1.39 bits per heavy atom. The van der Waals surface area contributed by atoms with Crippen LogP contribution in [0.5, 0.6) is 0 Å². The van der Waals surface area contributed by atoms with Gasteiger partial charge in [0.2, 0.25) is 0 Å². The van der Waals surface area contributed by atoms with E-state index in [2.05, 4.69) is 10.3 Å². The van der Waals surface area contributed by atoms with Crippen LogP contribution in [0, 0.1) is 16.0 Å². The van der Waals surface area contributed by atoms with Crippen molar-refractivity contribution in [2.45, 2.75) is 12.8 Å². The van der Waals surface area contributed by atoms with Crippen LogP contribution in [0.2, 0.25) is 0 Å². The van der Waals surface area contributed by atoms with Gasteiger partial charge < -0.3 is 5.32 Å². The smallest absolute Gasteiger partial charge is 0.278 e. The van der Waals surface area contributed by atoms with Crippen molar-refractivity contribution in [3.05, 3.63) is 40.6 Å². The lowest BCUT2D eigenvalue weighted by molar-refractivity contribution is -0.383. The normalized spacial score (nSPS) is 14.7. The number of nitro benzene ring substituents is 1. The number of fused-ring (bicyclic) bond motifs is 1. The fourth-order valence-electron chi connectivity index (χ4n) is 2.04. The summed E-state index contributed by atoms with van der Waals surface area (Å²) >= 11 is 0. The van der Waals surface area contributed by atoms with Crippen molar-refractivity contribution in [1.29, 1.82) is 0 Å². The SMILES string of the molecule is O=[N+]([O-])c1ccc(NCC2CC2)c2ncccc12. The zero-order valence-electron chi connectivity index (χ0n) is 9.80. The first-order valence-corrected chi connectivity index (χ1v) is 6.01. The summed E-state index contributed by atoms with van der Waals surface area (Å²) in [5.74, 6) is 0.749. The molecule has 3 rings (SSSR count). The summed E-state index contributed by atoms with van der Waals surface area (Å²) in [6, 6.07) is 6.75. The number of benzene rings is 1. The maximum absolute atomic E-state index is 11.0. The molecule has 1 aromatic carbocycles. The van der Waals surface area contributed by atoms with Gasteiger partial charge in [-0.25, -0.2) is 0 Å². The molecule has 5 nitrogen and oxygen atoms in total. The third-order valence-electron chi connectivity index (χ3n) is 3.22. The second-order valence-corrected chi connectivity index (χ2v) is 4.61. The quantitative estimate of drug-likeness (QED) is 0.662. The minimum Gasteiger partial charge on any atom is -0.383 e. The molecule has 0 amide bonds. The van der Waals surface area contributed by atoms with Crippen molar-refractivity contribution >= 4 is 22.3 Å². The van der Waals surface area contributed by atoms with Gasteiger partial charge in [0.05, 0.1) is 16.0 Å². The first-order valence-electron chi connectivity index (χ1n) is 6.01. The molecular weight excluding hydrogens is 230 g/mol. The summed E-state index contributed by atoms with van der Waals surface area (Å²) in [5.41, 5.74) is 1.66. The van der Waals surface area contributed by atoms with Crippen molar-refractivity contribution in [2.75, 3.05) is 11.9 Å². The number of rotatable bonds is 4. The summed E-state index contributed by atoms with van der Waals surface area (Å²) in [6.45, 7) is 0.920. The number of non-ortho nitro benzene ring substituents is 1. The second-order valence-electron chi connectivity index (χ2n) is 4.61. The van der Waals surface area contributed by atoms with E-state index in [1.54, 1.807) is 30.5 Å². The molecule has 2 aromatic rings. The third-order valence-corrected chi connectivity index (χ3v) is 3.22. The van der Waals surface area contributed by atoms with Crippen molar-refractivity contribution in [3.8, 4) is 0 Å². The number of hydrogen-bond donors (Lipinski definition) is 1. The molecule has 92 valence electrons. The van der Waals surface area contributed by atoms with Gasteiger partial charge in [0.1, 0.15) is 5.52 Å². The van der Waals surface area contributed by atoms with E-state index >= 15 is 0 Å². The van der Waals surface area contributed by atoms with E-state index in [9.17, 15) is 10.1 Å². The Morgan fingerprint density at radius 2 is 2.22 bits per heavy atom. The van der Waals surface area contributed by atoms with Gasteiger partial charge in [-0.1, -0.05) is 0 Å². The minimum atomic E-state index is -0.366. The van der Waals surface area contributed by atoms with Crippen molar-refractivity contribution in [3.63, 3.8) is 0 Å². The van der Waals surface area contributed by atoms with E-state index in [1.165, 1.54) is 12.8 Å². The van der Waals surface area contributed by atoms with Gasteiger partial charge in [0, 0.05) is 18.8 Å². The van der Waals surface area contributed by atoms with E-state index in [4.69, 9.17) is 0 Å². The number of nitrogens with zero attached hydrogens (tertiary/aromatic N) is 2. The maximum Gasteiger partial charge on any atom is 0.278 e. The molecule has 1 N–H and O–H groups in total. The molecule has 0 bridgehead atoms. The van der Waals surface area contributed by atoms with Crippen LogP contribution in [0.3, 0.4) is 0 Å². The molecule has 1 aliphatic carbocycles. The Kier molecular flexibility index (Phi) is 2.59. The lowest BCUT2D eigenvalue weighted by Gasteiger charge is -2.08. The van der Waals surface area contributed by atoms with E-state index in [0.717, 1.165) is 18.2 Å². The van der Waals surface area contributed by atoms with E-state index in [-0.39, 0.29) is 10.6 Å². The summed E-state index contributed by atoms with van der Waals surface area (Å²) in [7, 11) is 0. The highest BCUT2D eigenvalue weighted by Gasteiger charge is 2.21. The van der Waals surface area contributed by atoms with Gasteiger partial charge >= 0.3 is 0 Å². The Bertz CT molecular complexity index is 608. The fraction of sp³-hybridized carbons (Fsp3) is 0.308. The standard InChI is InChI=1S/C13H13N3O2/c17-16(18)12-6-5-11(15-8-9-3-4-9)13-10(12)2-1-7-14-13/h1-2,5-7,9,15H,3-4,8H2. The largest absolute Gasteiger partial charge is 0.383 e. The second kappa shape index (κ2) is 4.25. The predicted molar refractivity (Wildman–Crippen MR) is 69.6 cm³/mol. The van der Waals surface area contributed by atoms with Crippen molar-refractivity contribution in [2.24, 2.45) is 5.92 Å². The number of anilines is 1. The summed E-state index contributed by atoms with van der Waals surface area (Å²) < 4.78 is 0. The van der Waals surface area contributed by atoms with Crippen LogP contribution < -0.4 is 5.32 Å². The Morgan fingerprint density at radius 3 is 2.94 bits per heavy atom.